The van der Waals surface area contributed by atoms with E-state index in [-0.39, 0.29) is 18.4 Å². The van der Waals surface area contributed by atoms with Crippen LogP contribution in [0.3, 0.4) is 0 Å². The molecule has 1 amide bonds. The number of para-hydroxylation sites is 2. The van der Waals surface area contributed by atoms with E-state index >= 15 is 0 Å². The van der Waals surface area contributed by atoms with Gasteiger partial charge in [0, 0.05) is 32.6 Å². The predicted octanol–water partition coefficient (Wildman–Crippen LogP) is 2.72. The molecule has 28 heavy (non-hydrogen) atoms. The molecule has 1 aliphatic rings. The molecule has 1 N–H and O–H groups in total. The van der Waals surface area contributed by atoms with E-state index in [1.54, 1.807) is 10.6 Å². The molecule has 2 aromatic carbocycles. The summed E-state index contributed by atoms with van der Waals surface area (Å²) in [6, 6.07) is 15.8. The molecule has 1 atom stereocenters. The first-order valence-electron chi connectivity index (χ1n) is 9.84. The van der Waals surface area contributed by atoms with Crippen LogP contribution in [0.4, 0.5) is 0 Å². The van der Waals surface area contributed by atoms with Crippen molar-refractivity contribution in [2.75, 3.05) is 19.6 Å². The molecule has 3 aromatic rings. The topological polar surface area (TPSA) is 67.5 Å². The van der Waals surface area contributed by atoms with Gasteiger partial charge in [0.1, 0.15) is 0 Å². The van der Waals surface area contributed by atoms with Crippen LogP contribution in [0, 0.1) is 0 Å². The molecule has 6 nitrogen and oxygen atoms in total. The average Bonchev–Trinajstić information content (AvgIpc) is 3.07. The van der Waals surface area contributed by atoms with Crippen LogP contribution in [0.1, 0.15) is 30.5 Å². The summed E-state index contributed by atoms with van der Waals surface area (Å²) in [5.74, 6) is -0.357. The first-order chi connectivity index (χ1) is 13.7. The van der Waals surface area contributed by atoms with Crippen molar-refractivity contribution in [1.82, 2.24) is 14.8 Å². The summed E-state index contributed by atoms with van der Waals surface area (Å²) in [5.41, 5.74) is 3.71. The van der Waals surface area contributed by atoms with Crippen molar-refractivity contribution in [2.45, 2.75) is 32.4 Å². The van der Waals surface area contributed by atoms with E-state index in [1.807, 2.05) is 23.1 Å². The number of rotatable bonds is 5. The van der Waals surface area contributed by atoms with E-state index in [2.05, 4.69) is 36.5 Å². The molecule has 2 heterocycles. The van der Waals surface area contributed by atoms with E-state index in [9.17, 15) is 9.59 Å². The number of nitrogens with one attached hydrogen (secondary N) is 1. The maximum Gasteiger partial charge on any atom is 0.419 e. The zero-order valence-electron chi connectivity index (χ0n) is 16.1. The highest BCUT2D eigenvalue weighted by Gasteiger charge is 2.27. The van der Waals surface area contributed by atoms with Crippen LogP contribution in [-0.4, -0.2) is 35.0 Å². The minimum Gasteiger partial charge on any atom is -0.408 e. The fraction of sp³-hybridized carbons (Fsp3) is 0.364. The lowest BCUT2D eigenvalue weighted by Gasteiger charge is -2.36. The monoisotopic (exact) mass is 379 g/mol. The van der Waals surface area contributed by atoms with Crippen LogP contribution in [0.15, 0.2) is 57.7 Å². The first-order valence-corrected chi connectivity index (χ1v) is 9.84. The number of amides is 1. The third-order valence-corrected chi connectivity index (χ3v) is 5.46. The van der Waals surface area contributed by atoms with Crippen LogP contribution in [0.2, 0.25) is 0 Å². The second-order valence-electron chi connectivity index (χ2n) is 7.14. The van der Waals surface area contributed by atoms with Gasteiger partial charge in [-0.15, -0.1) is 0 Å². The second kappa shape index (κ2) is 8.02. The predicted molar refractivity (Wildman–Crippen MR) is 108 cm³/mol. The Kier molecular flexibility index (Phi) is 5.30. The van der Waals surface area contributed by atoms with Gasteiger partial charge in [0.15, 0.2) is 5.58 Å². The molecule has 1 fully saturated rings. The highest BCUT2D eigenvalue weighted by Crippen LogP contribution is 2.24. The van der Waals surface area contributed by atoms with Gasteiger partial charge >= 0.3 is 5.76 Å². The second-order valence-corrected chi connectivity index (χ2v) is 7.14. The van der Waals surface area contributed by atoms with E-state index in [1.165, 1.54) is 5.56 Å². The molecule has 4 rings (SSSR count). The van der Waals surface area contributed by atoms with E-state index < -0.39 is 5.76 Å². The maximum atomic E-state index is 13.0. The molecule has 1 aromatic heterocycles. The molecule has 0 bridgehead atoms. The fourth-order valence-corrected chi connectivity index (χ4v) is 3.85. The summed E-state index contributed by atoms with van der Waals surface area (Å²) in [4.78, 5) is 27.1. The lowest BCUT2D eigenvalue weighted by atomic mass is 10.0. The zero-order valence-corrected chi connectivity index (χ0v) is 16.1. The molecule has 6 heteroatoms. The van der Waals surface area contributed by atoms with Crippen LogP contribution in [0.25, 0.3) is 11.1 Å². The first kappa shape index (κ1) is 18.5. The Hall–Kier alpha value is -2.86. The largest absolute Gasteiger partial charge is 0.419 e. The Morgan fingerprint density at radius 3 is 2.75 bits per heavy atom. The Morgan fingerprint density at radius 1 is 1.18 bits per heavy atom. The number of nitrogens with zero attached hydrogens (tertiary/aromatic N) is 2. The number of aromatic nitrogens is 1. The number of oxazole rings is 1. The van der Waals surface area contributed by atoms with E-state index in [0.29, 0.717) is 18.7 Å². The summed E-state index contributed by atoms with van der Waals surface area (Å²) in [6.07, 6.45) is 1.27. The highest BCUT2D eigenvalue weighted by atomic mass is 16.4. The molecule has 0 radical (unpaired) electrons. The molecule has 0 spiro atoms. The third kappa shape index (κ3) is 3.60. The average molecular weight is 379 g/mol. The number of hydrogen-bond acceptors (Lipinski definition) is 4. The van der Waals surface area contributed by atoms with Gasteiger partial charge in [-0.05, 0) is 29.7 Å². The number of aryl methyl sites for hydroxylation is 2. The molecule has 146 valence electrons. The number of benzene rings is 2. The third-order valence-electron chi connectivity index (χ3n) is 5.46. The fourth-order valence-electron chi connectivity index (χ4n) is 3.85. The Labute approximate surface area is 163 Å². The van der Waals surface area contributed by atoms with Crippen LogP contribution in [0.5, 0.6) is 0 Å². The summed E-state index contributed by atoms with van der Waals surface area (Å²) in [7, 11) is 0. The molecular weight excluding hydrogens is 354 g/mol. The summed E-state index contributed by atoms with van der Waals surface area (Å²) in [5, 5.41) is 3.39. The zero-order chi connectivity index (χ0) is 19.5. The number of fused-ring (bicyclic) bond motifs is 1. The van der Waals surface area contributed by atoms with Crippen molar-refractivity contribution >= 4 is 17.0 Å². The van der Waals surface area contributed by atoms with Crippen LogP contribution < -0.4 is 11.1 Å². The Balaban J connectivity index is 1.50. The molecule has 1 saturated heterocycles. The maximum absolute atomic E-state index is 13.0. The normalized spacial score (nSPS) is 17.2. The van der Waals surface area contributed by atoms with Crippen LogP contribution >= 0.6 is 0 Å². The SMILES string of the molecule is CCc1ccc(C2CNCCN2C(=O)CCn2c(=O)oc3ccccc32)cc1. The van der Waals surface area contributed by atoms with E-state index in [4.69, 9.17) is 4.42 Å². The van der Waals surface area contributed by atoms with Crippen molar-refractivity contribution in [3.8, 4) is 0 Å². The van der Waals surface area contributed by atoms with Gasteiger partial charge in [0.25, 0.3) is 0 Å². The summed E-state index contributed by atoms with van der Waals surface area (Å²) >= 11 is 0. The summed E-state index contributed by atoms with van der Waals surface area (Å²) in [6.45, 7) is 4.64. The van der Waals surface area contributed by atoms with Crippen molar-refractivity contribution < 1.29 is 9.21 Å². The number of piperazine rings is 1. The molecule has 0 aliphatic carbocycles. The van der Waals surface area contributed by atoms with Gasteiger partial charge in [-0.2, -0.15) is 0 Å². The van der Waals surface area contributed by atoms with Crippen molar-refractivity contribution in [2.24, 2.45) is 0 Å². The lowest BCUT2D eigenvalue weighted by Crippen LogP contribution is -2.48. The number of carbonyl (C=O) groups excluding carboxylic acids is 1. The van der Waals surface area contributed by atoms with Gasteiger partial charge < -0.3 is 14.6 Å². The van der Waals surface area contributed by atoms with Crippen molar-refractivity contribution in [1.29, 1.82) is 0 Å². The van der Waals surface area contributed by atoms with Gasteiger partial charge in [-0.25, -0.2) is 4.79 Å². The molecule has 0 saturated carbocycles. The number of carbonyl (C=O) groups is 1. The quantitative estimate of drug-likeness (QED) is 0.740. The smallest absolute Gasteiger partial charge is 0.408 e. The minimum absolute atomic E-state index is 0.0185. The molecule has 1 unspecified atom stereocenters. The lowest BCUT2D eigenvalue weighted by molar-refractivity contribution is -0.134. The molecule has 1 aliphatic heterocycles. The number of hydrogen-bond donors (Lipinski definition) is 1. The Bertz CT molecular complexity index is 1020. The van der Waals surface area contributed by atoms with Crippen LogP contribution in [-0.2, 0) is 17.8 Å². The van der Waals surface area contributed by atoms with Crippen molar-refractivity contribution in [3.05, 3.63) is 70.2 Å². The minimum atomic E-state index is -0.416. The van der Waals surface area contributed by atoms with Gasteiger partial charge in [0.2, 0.25) is 5.91 Å². The van der Waals surface area contributed by atoms with Gasteiger partial charge in [-0.3, -0.25) is 9.36 Å². The van der Waals surface area contributed by atoms with Gasteiger partial charge in [-0.1, -0.05) is 43.3 Å². The summed E-state index contributed by atoms with van der Waals surface area (Å²) < 4.78 is 6.80. The Morgan fingerprint density at radius 2 is 1.96 bits per heavy atom. The standard InChI is InChI=1S/C22H25N3O3/c1-2-16-7-9-17(10-8-16)19-15-23-12-14-24(19)21(26)11-13-25-18-5-3-4-6-20(18)28-22(25)27/h3-10,19,23H,2,11-15H2,1H3. The van der Waals surface area contributed by atoms with E-state index in [0.717, 1.165) is 30.6 Å². The highest BCUT2D eigenvalue weighted by molar-refractivity contribution is 5.77. The molecular formula is C22H25N3O3. The van der Waals surface area contributed by atoms with Crippen molar-refractivity contribution in [3.63, 3.8) is 0 Å². The van der Waals surface area contributed by atoms with Gasteiger partial charge in [0.05, 0.1) is 11.6 Å².